The SMILES string of the molecule is COc1cc(NC(=O)c2cccs2)c(C(=O)OCC(=O)c2cccc(Br)c2)cc1OC. The Labute approximate surface area is 191 Å². The Morgan fingerprint density at radius 3 is 2.39 bits per heavy atom. The molecule has 1 N–H and O–H groups in total. The largest absolute Gasteiger partial charge is 0.493 e. The van der Waals surface area contributed by atoms with Gasteiger partial charge in [-0.2, -0.15) is 0 Å². The molecule has 1 heterocycles. The van der Waals surface area contributed by atoms with E-state index in [0.717, 1.165) is 4.47 Å². The molecular weight excluding hydrogens is 486 g/mol. The molecule has 3 rings (SSSR count). The van der Waals surface area contributed by atoms with E-state index in [-0.39, 0.29) is 28.7 Å². The number of ether oxygens (including phenoxy) is 3. The zero-order valence-corrected chi connectivity index (χ0v) is 19.0. The monoisotopic (exact) mass is 503 g/mol. The summed E-state index contributed by atoms with van der Waals surface area (Å²) in [5.41, 5.74) is 0.612. The van der Waals surface area contributed by atoms with Gasteiger partial charge in [0, 0.05) is 22.2 Å². The molecule has 0 bridgehead atoms. The molecule has 2 aromatic carbocycles. The van der Waals surface area contributed by atoms with E-state index in [9.17, 15) is 14.4 Å². The summed E-state index contributed by atoms with van der Waals surface area (Å²) in [5, 5.41) is 4.46. The van der Waals surface area contributed by atoms with Gasteiger partial charge in [-0.1, -0.05) is 34.1 Å². The Morgan fingerprint density at radius 1 is 1.00 bits per heavy atom. The molecule has 1 amide bonds. The Morgan fingerprint density at radius 2 is 1.74 bits per heavy atom. The molecule has 0 atom stereocenters. The van der Waals surface area contributed by atoms with E-state index >= 15 is 0 Å². The molecule has 0 saturated heterocycles. The number of methoxy groups -OCH3 is 2. The third-order valence-electron chi connectivity index (χ3n) is 4.22. The highest BCUT2D eigenvalue weighted by atomic mass is 79.9. The Balaban J connectivity index is 1.84. The van der Waals surface area contributed by atoms with Crippen LogP contribution in [0, 0.1) is 0 Å². The van der Waals surface area contributed by atoms with Crippen molar-refractivity contribution in [3.8, 4) is 11.5 Å². The fourth-order valence-electron chi connectivity index (χ4n) is 2.70. The van der Waals surface area contributed by atoms with Gasteiger partial charge in [-0.3, -0.25) is 9.59 Å². The lowest BCUT2D eigenvalue weighted by molar-refractivity contribution is 0.0475. The smallest absolute Gasteiger partial charge is 0.340 e. The number of halogens is 1. The average molecular weight is 504 g/mol. The predicted molar refractivity (Wildman–Crippen MR) is 121 cm³/mol. The minimum Gasteiger partial charge on any atom is -0.493 e. The van der Waals surface area contributed by atoms with Crippen LogP contribution in [0.5, 0.6) is 11.5 Å². The summed E-state index contributed by atoms with van der Waals surface area (Å²) in [7, 11) is 2.87. The van der Waals surface area contributed by atoms with Crippen LogP contribution in [0.25, 0.3) is 0 Å². The molecule has 0 fully saturated rings. The van der Waals surface area contributed by atoms with E-state index in [4.69, 9.17) is 14.2 Å². The van der Waals surface area contributed by atoms with Crippen LogP contribution < -0.4 is 14.8 Å². The Kier molecular flexibility index (Phi) is 7.43. The van der Waals surface area contributed by atoms with Crippen LogP contribution in [0.1, 0.15) is 30.4 Å². The van der Waals surface area contributed by atoms with Crippen LogP contribution in [-0.2, 0) is 4.74 Å². The second-order valence-electron chi connectivity index (χ2n) is 6.19. The molecule has 0 saturated carbocycles. The van der Waals surface area contributed by atoms with Crippen LogP contribution in [-0.4, -0.2) is 38.5 Å². The molecule has 0 radical (unpaired) electrons. The van der Waals surface area contributed by atoms with Gasteiger partial charge in [0.15, 0.2) is 23.9 Å². The number of carbonyl (C=O) groups excluding carboxylic acids is 3. The Hall–Kier alpha value is -3.17. The number of anilines is 1. The van der Waals surface area contributed by atoms with Crippen molar-refractivity contribution in [3.63, 3.8) is 0 Å². The number of nitrogens with one attached hydrogen (secondary N) is 1. The van der Waals surface area contributed by atoms with Crippen molar-refractivity contribution in [2.24, 2.45) is 0 Å². The Bertz CT molecular complexity index is 1110. The molecule has 3 aromatic rings. The summed E-state index contributed by atoms with van der Waals surface area (Å²) in [6.07, 6.45) is 0. The fraction of sp³-hybridized carbons (Fsp3) is 0.136. The molecule has 7 nitrogen and oxygen atoms in total. The van der Waals surface area contributed by atoms with Crippen molar-refractivity contribution < 1.29 is 28.6 Å². The molecule has 1 aromatic heterocycles. The number of benzene rings is 2. The lowest BCUT2D eigenvalue weighted by atomic mass is 10.1. The first kappa shape index (κ1) is 22.5. The van der Waals surface area contributed by atoms with Crippen LogP contribution in [0.4, 0.5) is 5.69 Å². The first-order valence-corrected chi connectivity index (χ1v) is 10.7. The zero-order chi connectivity index (χ0) is 22.4. The average Bonchev–Trinajstić information content (AvgIpc) is 3.32. The third-order valence-corrected chi connectivity index (χ3v) is 5.58. The number of Topliss-reactive ketones (excluding diaryl/α,β-unsaturated/α-hetero) is 1. The van der Waals surface area contributed by atoms with E-state index in [0.29, 0.717) is 16.2 Å². The topological polar surface area (TPSA) is 90.9 Å². The number of ketones is 1. The number of carbonyl (C=O) groups is 3. The summed E-state index contributed by atoms with van der Waals surface area (Å²) in [4.78, 5) is 38.1. The highest BCUT2D eigenvalue weighted by Gasteiger charge is 2.21. The fourth-order valence-corrected chi connectivity index (χ4v) is 3.72. The van der Waals surface area contributed by atoms with Gasteiger partial charge in [-0.25, -0.2) is 4.79 Å². The highest BCUT2D eigenvalue weighted by Crippen LogP contribution is 2.34. The van der Waals surface area contributed by atoms with Crippen LogP contribution in [0.15, 0.2) is 58.4 Å². The number of amides is 1. The van der Waals surface area contributed by atoms with Gasteiger partial charge in [-0.15, -0.1) is 11.3 Å². The highest BCUT2D eigenvalue weighted by molar-refractivity contribution is 9.10. The third kappa shape index (κ3) is 5.50. The molecule has 9 heteroatoms. The first-order valence-electron chi connectivity index (χ1n) is 8.99. The van der Waals surface area contributed by atoms with Crippen LogP contribution in [0.2, 0.25) is 0 Å². The molecule has 0 unspecified atom stereocenters. The van der Waals surface area contributed by atoms with Gasteiger partial charge in [0.2, 0.25) is 0 Å². The van der Waals surface area contributed by atoms with E-state index in [1.807, 2.05) is 0 Å². The quantitative estimate of drug-likeness (QED) is 0.350. The molecular formula is C22H18BrNO6S. The van der Waals surface area contributed by atoms with Gasteiger partial charge in [0.05, 0.1) is 30.3 Å². The number of hydrogen-bond acceptors (Lipinski definition) is 7. The lowest BCUT2D eigenvalue weighted by Crippen LogP contribution is -2.18. The normalized spacial score (nSPS) is 10.3. The molecule has 160 valence electrons. The van der Waals surface area contributed by atoms with Gasteiger partial charge >= 0.3 is 5.97 Å². The van der Waals surface area contributed by atoms with Crippen molar-refractivity contribution in [1.82, 2.24) is 0 Å². The van der Waals surface area contributed by atoms with E-state index < -0.39 is 12.6 Å². The summed E-state index contributed by atoms with van der Waals surface area (Å²) in [6, 6.07) is 13.0. The van der Waals surface area contributed by atoms with Gasteiger partial charge < -0.3 is 19.5 Å². The van der Waals surface area contributed by atoms with E-state index in [1.54, 1.807) is 41.8 Å². The van der Waals surface area contributed by atoms with Gasteiger partial charge in [0.25, 0.3) is 5.91 Å². The summed E-state index contributed by atoms with van der Waals surface area (Å²) >= 11 is 4.56. The maximum Gasteiger partial charge on any atom is 0.340 e. The number of esters is 1. The number of hydrogen-bond donors (Lipinski definition) is 1. The predicted octanol–water partition coefficient (Wildman–Crippen LogP) is 4.82. The summed E-state index contributed by atoms with van der Waals surface area (Å²) in [6.45, 7) is -0.456. The summed E-state index contributed by atoms with van der Waals surface area (Å²) in [5.74, 6) is -0.931. The molecule has 0 aliphatic carbocycles. The van der Waals surface area contributed by atoms with Gasteiger partial charge in [-0.05, 0) is 23.6 Å². The molecule has 0 spiro atoms. The second kappa shape index (κ2) is 10.2. The second-order valence-corrected chi connectivity index (χ2v) is 8.06. The van der Waals surface area contributed by atoms with Crippen molar-refractivity contribution in [1.29, 1.82) is 0 Å². The van der Waals surface area contributed by atoms with E-state index in [1.165, 1.54) is 37.7 Å². The van der Waals surface area contributed by atoms with Crippen LogP contribution >= 0.6 is 27.3 Å². The van der Waals surface area contributed by atoms with Crippen molar-refractivity contribution >= 4 is 50.6 Å². The van der Waals surface area contributed by atoms with Crippen LogP contribution in [0.3, 0.4) is 0 Å². The zero-order valence-electron chi connectivity index (χ0n) is 16.6. The molecule has 31 heavy (non-hydrogen) atoms. The maximum atomic E-state index is 12.8. The standard InChI is InChI=1S/C22H18BrNO6S/c1-28-18-10-15(22(27)30-12-17(25)13-5-3-6-14(23)9-13)16(11-19(18)29-2)24-21(26)20-7-4-8-31-20/h3-11H,12H2,1-2H3,(H,24,26). The maximum absolute atomic E-state index is 12.8. The molecule has 0 aliphatic heterocycles. The van der Waals surface area contributed by atoms with Crippen molar-refractivity contribution in [2.45, 2.75) is 0 Å². The minimum atomic E-state index is -0.786. The van der Waals surface area contributed by atoms with Crippen molar-refractivity contribution in [3.05, 3.63) is 74.4 Å². The number of thiophene rings is 1. The lowest BCUT2D eigenvalue weighted by Gasteiger charge is -2.15. The van der Waals surface area contributed by atoms with Gasteiger partial charge in [0.1, 0.15) is 0 Å². The number of rotatable bonds is 8. The summed E-state index contributed by atoms with van der Waals surface area (Å²) < 4.78 is 16.5. The molecule has 0 aliphatic rings. The van der Waals surface area contributed by atoms with Crippen molar-refractivity contribution in [2.75, 3.05) is 26.1 Å². The first-order chi connectivity index (χ1) is 14.9. The van der Waals surface area contributed by atoms with E-state index in [2.05, 4.69) is 21.2 Å². The minimum absolute atomic E-state index is 0.0320.